The van der Waals surface area contributed by atoms with Gasteiger partial charge >= 0.3 is 0 Å². The number of aromatic hydroxyl groups is 1. The summed E-state index contributed by atoms with van der Waals surface area (Å²) in [6, 6.07) is 9.80. The van der Waals surface area contributed by atoms with Crippen molar-refractivity contribution in [2.75, 3.05) is 11.9 Å². The molecule has 4 nitrogen and oxygen atoms in total. The van der Waals surface area contributed by atoms with Crippen molar-refractivity contribution in [2.24, 2.45) is 0 Å². The van der Waals surface area contributed by atoms with Gasteiger partial charge in [0.1, 0.15) is 5.75 Å². The smallest absolute Gasteiger partial charge is 0.258 e. The van der Waals surface area contributed by atoms with Gasteiger partial charge in [0.25, 0.3) is 5.91 Å². The lowest BCUT2D eigenvalue weighted by Crippen LogP contribution is -2.26. The number of carbonyl (C=O) groups is 1. The van der Waals surface area contributed by atoms with E-state index >= 15 is 0 Å². The van der Waals surface area contributed by atoms with Crippen LogP contribution in [0.2, 0.25) is 0 Å². The number of hydrogen-bond acceptors (Lipinski definition) is 3. The molecule has 0 saturated heterocycles. The minimum Gasteiger partial charge on any atom is -0.508 e. The molecular weight excluding hydrogens is 216 g/mol. The van der Waals surface area contributed by atoms with E-state index in [0.717, 1.165) is 5.69 Å². The number of carbonyl (C=O) groups excluding carboxylic acids is 1. The molecule has 0 saturated carbocycles. The van der Waals surface area contributed by atoms with Gasteiger partial charge in [-0.15, -0.1) is 0 Å². The second kappa shape index (κ2) is 4.65. The quantitative estimate of drug-likeness (QED) is 0.856. The third-order valence-electron chi connectivity index (χ3n) is 2.47. The molecule has 0 fully saturated rings. The fourth-order valence-electron chi connectivity index (χ4n) is 1.48. The van der Waals surface area contributed by atoms with Crippen LogP contribution in [0.25, 0.3) is 0 Å². The van der Waals surface area contributed by atoms with Gasteiger partial charge in [-0.2, -0.15) is 0 Å². The van der Waals surface area contributed by atoms with Crippen LogP contribution in [0, 0.1) is 0 Å². The van der Waals surface area contributed by atoms with Crippen molar-refractivity contribution in [3.05, 3.63) is 54.4 Å². The van der Waals surface area contributed by atoms with Crippen LogP contribution >= 0.6 is 0 Å². The number of benzene rings is 1. The Kier molecular flexibility index (Phi) is 3.05. The van der Waals surface area contributed by atoms with E-state index in [9.17, 15) is 9.90 Å². The Morgan fingerprint density at radius 3 is 2.29 bits per heavy atom. The number of pyridine rings is 1. The van der Waals surface area contributed by atoms with E-state index in [4.69, 9.17) is 0 Å². The number of rotatable bonds is 2. The summed E-state index contributed by atoms with van der Waals surface area (Å²) in [4.78, 5) is 17.5. The maximum Gasteiger partial charge on any atom is 0.258 e. The van der Waals surface area contributed by atoms with Crippen LogP contribution in [0.15, 0.2) is 48.8 Å². The average Bonchev–Trinajstić information content (AvgIpc) is 2.39. The number of anilines is 1. The van der Waals surface area contributed by atoms with Gasteiger partial charge in [-0.1, -0.05) is 0 Å². The first-order valence-corrected chi connectivity index (χ1v) is 5.15. The molecule has 1 heterocycles. The molecule has 1 amide bonds. The van der Waals surface area contributed by atoms with Crippen molar-refractivity contribution in [3.63, 3.8) is 0 Å². The van der Waals surface area contributed by atoms with Crippen LogP contribution in [-0.4, -0.2) is 23.0 Å². The standard InChI is InChI=1S/C13H12N2O2/c1-15(11-2-4-12(16)5-3-11)13(17)10-6-8-14-9-7-10/h2-9,16H,1H3. The van der Waals surface area contributed by atoms with Crippen LogP contribution in [0.5, 0.6) is 5.75 Å². The molecule has 0 aliphatic carbocycles. The maximum atomic E-state index is 12.1. The Morgan fingerprint density at radius 2 is 1.71 bits per heavy atom. The number of phenols is 1. The van der Waals surface area contributed by atoms with Crippen molar-refractivity contribution in [1.82, 2.24) is 4.98 Å². The summed E-state index contributed by atoms with van der Waals surface area (Å²) in [7, 11) is 1.69. The van der Waals surface area contributed by atoms with Gasteiger partial charge < -0.3 is 10.0 Å². The first-order chi connectivity index (χ1) is 8.18. The van der Waals surface area contributed by atoms with Gasteiger partial charge in [0.15, 0.2) is 0 Å². The summed E-state index contributed by atoms with van der Waals surface area (Å²) in [5.41, 5.74) is 1.31. The molecule has 0 unspecified atom stereocenters. The Hall–Kier alpha value is -2.36. The third kappa shape index (κ3) is 2.42. The van der Waals surface area contributed by atoms with Gasteiger partial charge in [0.2, 0.25) is 0 Å². The second-order valence-electron chi connectivity index (χ2n) is 3.62. The monoisotopic (exact) mass is 228 g/mol. The summed E-state index contributed by atoms with van der Waals surface area (Å²) < 4.78 is 0. The lowest BCUT2D eigenvalue weighted by atomic mass is 10.2. The molecule has 2 rings (SSSR count). The van der Waals surface area contributed by atoms with Crippen molar-refractivity contribution < 1.29 is 9.90 Å². The second-order valence-corrected chi connectivity index (χ2v) is 3.62. The van der Waals surface area contributed by atoms with Crippen molar-refractivity contribution >= 4 is 11.6 Å². The zero-order valence-electron chi connectivity index (χ0n) is 9.37. The molecule has 1 aromatic heterocycles. The molecule has 0 bridgehead atoms. The van der Waals surface area contributed by atoms with Gasteiger partial charge in [-0.25, -0.2) is 0 Å². The number of aromatic nitrogens is 1. The lowest BCUT2D eigenvalue weighted by Gasteiger charge is -2.17. The zero-order valence-corrected chi connectivity index (χ0v) is 9.37. The maximum absolute atomic E-state index is 12.1. The molecule has 0 aliphatic rings. The summed E-state index contributed by atoms with van der Waals surface area (Å²) >= 11 is 0. The van der Waals surface area contributed by atoms with Gasteiger partial charge in [-0.05, 0) is 36.4 Å². The molecule has 0 radical (unpaired) electrons. The lowest BCUT2D eigenvalue weighted by molar-refractivity contribution is 0.0993. The highest BCUT2D eigenvalue weighted by atomic mass is 16.3. The highest BCUT2D eigenvalue weighted by molar-refractivity contribution is 6.05. The summed E-state index contributed by atoms with van der Waals surface area (Å²) in [5, 5.41) is 9.18. The number of phenolic OH excluding ortho intramolecular Hbond substituents is 1. The molecule has 1 aromatic carbocycles. The Balaban J connectivity index is 2.23. The highest BCUT2D eigenvalue weighted by Gasteiger charge is 2.12. The first-order valence-electron chi connectivity index (χ1n) is 5.15. The third-order valence-corrected chi connectivity index (χ3v) is 2.47. The molecular formula is C13H12N2O2. The summed E-state index contributed by atoms with van der Waals surface area (Å²) in [6.07, 6.45) is 3.16. The molecule has 86 valence electrons. The molecule has 17 heavy (non-hydrogen) atoms. The normalized spacial score (nSPS) is 9.94. The van der Waals surface area contributed by atoms with E-state index in [1.165, 1.54) is 4.90 Å². The highest BCUT2D eigenvalue weighted by Crippen LogP contribution is 2.18. The molecule has 0 atom stereocenters. The molecule has 0 aliphatic heterocycles. The van der Waals surface area contributed by atoms with Gasteiger partial charge in [0.05, 0.1) is 0 Å². The van der Waals surface area contributed by atoms with Gasteiger partial charge in [0, 0.05) is 30.7 Å². The van der Waals surface area contributed by atoms with Crippen LogP contribution in [0.3, 0.4) is 0 Å². The van der Waals surface area contributed by atoms with E-state index in [-0.39, 0.29) is 11.7 Å². The fraction of sp³-hybridized carbons (Fsp3) is 0.0769. The number of nitrogens with zero attached hydrogens (tertiary/aromatic N) is 2. The predicted octanol–water partition coefficient (Wildman–Crippen LogP) is 2.06. The van der Waals surface area contributed by atoms with Crippen LogP contribution in [0.1, 0.15) is 10.4 Å². The largest absolute Gasteiger partial charge is 0.508 e. The Morgan fingerprint density at radius 1 is 1.12 bits per heavy atom. The zero-order chi connectivity index (χ0) is 12.3. The van der Waals surface area contributed by atoms with Crippen LogP contribution in [-0.2, 0) is 0 Å². The number of amides is 1. The van der Waals surface area contributed by atoms with Crippen LogP contribution < -0.4 is 4.90 Å². The van der Waals surface area contributed by atoms with Crippen molar-refractivity contribution in [3.8, 4) is 5.75 Å². The minimum atomic E-state index is -0.113. The van der Waals surface area contributed by atoms with Gasteiger partial charge in [-0.3, -0.25) is 9.78 Å². The summed E-state index contributed by atoms with van der Waals surface area (Å²) in [6.45, 7) is 0. The Labute approximate surface area is 99.2 Å². The van der Waals surface area contributed by atoms with Crippen molar-refractivity contribution in [1.29, 1.82) is 0 Å². The molecule has 2 aromatic rings. The molecule has 0 spiro atoms. The van der Waals surface area contributed by atoms with E-state index in [2.05, 4.69) is 4.98 Å². The van der Waals surface area contributed by atoms with E-state index < -0.39 is 0 Å². The number of hydrogen-bond donors (Lipinski definition) is 1. The van der Waals surface area contributed by atoms with Crippen molar-refractivity contribution in [2.45, 2.75) is 0 Å². The first kappa shape index (κ1) is 11.1. The SMILES string of the molecule is CN(C(=O)c1ccncc1)c1ccc(O)cc1. The fourth-order valence-corrected chi connectivity index (χ4v) is 1.48. The van der Waals surface area contributed by atoms with E-state index in [0.29, 0.717) is 5.56 Å². The van der Waals surface area contributed by atoms with E-state index in [1.807, 2.05) is 0 Å². The molecule has 1 N–H and O–H groups in total. The summed E-state index contributed by atoms with van der Waals surface area (Å²) in [5.74, 6) is 0.0663. The molecule has 4 heteroatoms. The predicted molar refractivity (Wildman–Crippen MR) is 65.1 cm³/mol. The van der Waals surface area contributed by atoms with E-state index in [1.54, 1.807) is 55.8 Å². The average molecular weight is 228 g/mol. The minimum absolute atomic E-state index is 0.113. The Bertz CT molecular complexity index is 509. The van der Waals surface area contributed by atoms with Crippen LogP contribution in [0.4, 0.5) is 5.69 Å². The topological polar surface area (TPSA) is 53.4 Å².